The molecule has 0 fully saturated rings. The van der Waals surface area contributed by atoms with E-state index in [0.717, 1.165) is 21.5 Å². The Morgan fingerprint density at radius 3 is 1.97 bits per heavy atom. The van der Waals surface area contributed by atoms with Gasteiger partial charge in [0.15, 0.2) is 6.10 Å². The summed E-state index contributed by atoms with van der Waals surface area (Å²) in [5.41, 5.74) is 0.0219. The number of nitrogens with zero attached hydrogens (tertiary/aromatic N) is 1. The van der Waals surface area contributed by atoms with Crippen LogP contribution >= 0.6 is 0 Å². The molecule has 0 bridgehead atoms. The van der Waals surface area contributed by atoms with E-state index >= 15 is 0 Å². The summed E-state index contributed by atoms with van der Waals surface area (Å²) in [6.45, 7) is 5.19. The van der Waals surface area contributed by atoms with Gasteiger partial charge in [0.1, 0.15) is 5.60 Å². The van der Waals surface area contributed by atoms with E-state index in [1.165, 1.54) is 6.07 Å². The van der Waals surface area contributed by atoms with Crippen LogP contribution in [0.25, 0.3) is 21.5 Å². The van der Waals surface area contributed by atoms with Crippen molar-refractivity contribution < 1.29 is 19.2 Å². The minimum atomic E-state index is -0.998. The van der Waals surface area contributed by atoms with Crippen LogP contribution in [0.15, 0.2) is 78.9 Å². The van der Waals surface area contributed by atoms with E-state index in [-0.39, 0.29) is 11.3 Å². The molecule has 0 heterocycles. The molecule has 0 aromatic heterocycles. The number of hydrogen-bond acceptors (Lipinski definition) is 5. The lowest BCUT2D eigenvalue weighted by Crippen LogP contribution is -2.26. The highest BCUT2D eigenvalue weighted by Gasteiger charge is 2.30. The second kappa shape index (κ2) is 8.30. The third-order valence-corrected chi connectivity index (χ3v) is 5.04. The molecule has 6 heteroatoms. The standard InChI is InChI=1S/C26H23NO5/c1-26(2,3)32-25(28)31-24(17-9-5-4-6-10-17)22-15-20-13-18-11-7-8-12-19(18)14-21(20)16-23(22)27(29)30/h4-16,24H,1-3H3. The molecule has 1 unspecified atom stereocenters. The van der Waals surface area contributed by atoms with Crippen molar-refractivity contribution in [1.29, 1.82) is 0 Å². The summed E-state index contributed by atoms with van der Waals surface area (Å²) in [7, 11) is 0. The average Bonchev–Trinajstić information content (AvgIpc) is 2.74. The Kier molecular flexibility index (Phi) is 5.53. The first-order chi connectivity index (χ1) is 15.2. The molecular weight excluding hydrogens is 406 g/mol. The van der Waals surface area contributed by atoms with Crippen molar-refractivity contribution in [3.8, 4) is 0 Å². The lowest BCUT2D eigenvalue weighted by atomic mass is 9.95. The van der Waals surface area contributed by atoms with Gasteiger partial charge in [0, 0.05) is 6.07 Å². The molecule has 0 aliphatic carbocycles. The zero-order chi connectivity index (χ0) is 22.9. The molecule has 4 aromatic rings. The van der Waals surface area contributed by atoms with Crippen LogP contribution in [0.2, 0.25) is 0 Å². The Labute approximate surface area is 185 Å². The van der Waals surface area contributed by atoms with E-state index in [9.17, 15) is 14.9 Å². The Morgan fingerprint density at radius 1 is 0.844 bits per heavy atom. The van der Waals surface area contributed by atoms with E-state index in [1.807, 2.05) is 42.5 Å². The van der Waals surface area contributed by atoms with Gasteiger partial charge in [0.05, 0.1) is 10.5 Å². The van der Waals surface area contributed by atoms with Crippen molar-refractivity contribution >= 4 is 33.4 Å². The summed E-state index contributed by atoms with van der Waals surface area (Å²) < 4.78 is 11.0. The molecule has 6 nitrogen and oxygen atoms in total. The van der Waals surface area contributed by atoms with Crippen LogP contribution in [-0.4, -0.2) is 16.7 Å². The summed E-state index contributed by atoms with van der Waals surface area (Å²) in [5.74, 6) is 0. The zero-order valence-electron chi connectivity index (χ0n) is 18.1. The summed E-state index contributed by atoms with van der Waals surface area (Å²) in [5, 5.41) is 15.6. The van der Waals surface area contributed by atoms with Crippen LogP contribution in [0.3, 0.4) is 0 Å². The second-order valence-electron chi connectivity index (χ2n) is 8.59. The Morgan fingerprint density at radius 2 is 1.41 bits per heavy atom. The first-order valence-electron chi connectivity index (χ1n) is 10.3. The van der Waals surface area contributed by atoms with Crippen molar-refractivity contribution in [2.24, 2.45) is 0 Å². The lowest BCUT2D eigenvalue weighted by molar-refractivity contribution is -0.385. The predicted octanol–water partition coefficient (Wildman–Crippen LogP) is 6.94. The van der Waals surface area contributed by atoms with Crippen molar-refractivity contribution in [2.75, 3.05) is 0 Å². The molecule has 0 N–H and O–H groups in total. The van der Waals surface area contributed by atoms with Crippen LogP contribution in [0.5, 0.6) is 0 Å². The van der Waals surface area contributed by atoms with Crippen LogP contribution < -0.4 is 0 Å². The smallest absolute Gasteiger partial charge is 0.429 e. The van der Waals surface area contributed by atoms with Gasteiger partial charge in [-0.1, -0.05) is 54.6 Å². The molecular formula is C26H23NO5. The Balaban J connectivity index is 1.89. The van der Waals surface area contributed by atoms with Crippen molar-refractivity contribution in [3.63, 3.8) is 0 Å². The summed E-state index contributed by atoms with van der Waals surface area (Å²) in [4.78, 5) is 24.1. The molecule has 1 atom stereocenters. The van der Waals surface area contributed by atoms with Crippen molar-refractivity contribution in [1.82, 2.24) is 0 Å². The van der Waals surface area contributed by atoms with Gasteiger partial charge in [0.2, 0.25) is 0 Å². The molecule has 0 saturated carbocycles. The molecule has 0 aliphatic rings. The number of ether oxygens (including phenoxy) is 2. The highest BCUT2D eigenvalue weighted by Crippen LogP contribution is 2.37. The number of carbonyl (C=O) groups excluding carboxylic acids is 1. The molecule has 0 saturated heterocycles. The fraction of sp³-hybridized carbons (Fsp3) is 0.192. The van der Waals surface area contributed by atoms with E-state index < -0.39 is 22.8 Å². The number of nitro benzene ring substituents is 1. The Hall–Kier alpha value is -3.93. The number of hydrogen-bond donors (Lipinski definition) is 0. The monoisotopic (exact) mass is 429 g/mol. The fourth-order valence-corrected chi connectivity index (χ4v) is 3.67. The van der Waals surface area contributed by atoms with Gasteiger partial charge in [0.25, 0.3) is 5.69 Å². The van der Waals surface area contributed by atoms with Gasteiger partial charge >= 0.3 is 6.16 Å². The summed E-state index contributed by atoms with van der Waals surface area (Å²) in [6, 6.07) is 23.9. The highest BCUT2D eigenvalue weighted by atomic mass is 16.7. The van der Waals surface area contributed by atoms with E-state index in [2.05, 4.69) is 0 Å². The summed E-state index contributed by atoms with van der Waals surface area (Å²) in [6.07, 6.45) is -1.89. The topological polar surface area (TPSA) is 78.7 Å². The van der Waals surface area contributed by atoms with Crippen LogP contribution in [0.4, 0.5) is 10.5 Å². The predicted molar refractivity (Wildman–Crippen MR) is 124 cm³/mol. The maximum Gasteiger partial charge on any atom is 0.509 e. The summed E-state index contributed by atoms with van der Waals surface area (Å²) >= 11 is 0. The van der Waals surface area contributed by atoms with Crippen LogP contribution in [0.1, 0.15) is 38.0 Å². The molecule has 0 amide bonds. The minimum absolute atomic E-state index is 0.120. The first-order valence-corrected chi connectivity index (χ1v) is 10.3. The second-order valence-corrected chi connectivity index (χ2v) is 8.59. The third kappa shape index (κ3) is 4.54. The Bertz CT molecular complexity index is 1310. The lowest BCUT2D eigenvalue weighted by Gasteiger charge is -2.23. The number of nitro groups is 1. The molecule has 162 valence electrons. The SMILES string of the molecule is CC(C)(C)OC(=O)OC(c1ccccc1)c1cc2cc3ccccc3cc2cc1[N+](=O)[O-]. The van der Waals surface area contributed by atoms with Gasteiger partial charge in [-0.2, -0.15) is 0 Å². The number of rotatable bonds is 4. The molecule has 0 radical (unpaired) electrons. The van der Waals surface area contributed by atoms with Gasteiger partial charge in [-0.15, -0.1) is 0 Å². The number of benzene rings is 4. The van der Waals surface area contributed by atoms with Gasteiger partial charge in [-0.25, -0.2) is 4.79 Å². The van der Waals surface area contributed by atoms with Crippen LogP contribution in [0, 0.1) is 10.1 Å². The highest BCUT2D eigenvalue weighted by molar-refractivity contribution is 5.99. The van der Waals surface area contributed by atoms with Crippen LogP contribution in [-0.2, 0) is 9.47 Å². The normalized spacial score (nSPS) is 12.5. The van der Waals surface area contributed by atoms with Crippen molar-refractivity contribution in [2.45, 2.75) is 32.5 Å². The maximum absolute atomic E-state index is 12.5. The first kappa shape index (κ1) is 21.3. The van der Waals surface area contributed by atoms with E-state index in [4.69, 9.17) is 9.47 Å². The quantitative estimate of drug-likeness (QED) is 0.152. The molecule has 4 aromatic carbocycles. The number of carbonyl (C=O) groups is 1. The van der Waals surface area contributed by atoms with E-state index in [0.29, 0.717) is 5.56 Å². The average molecular weight is 429 g/mol. The van der Waals surface area contributed by atoms with Gasteiger partial charge in [-0.3, -0.25) is 10.1 Å². The largest absolute Gasteiger partial charge is 0.509 e. The third-order valence-electron chi connectivity index (χ3n) is 5.04. The molecule has 4 rings (SSSR count). The van der Waals surface area contributed by atoms with Crippen molar-refractivity contribution in [3.05, 3.63) is 100 Å². The molecule has 0 spiro atoms. The number of fused-ring (bicyclic) bond motifs is 2. The van der Waals surface area contributed by atoms with Gasteiger partial charge in [-0.05, 0) is 66.1 Å². The minimum Gasteiger partial charge on any atom is -0.429 e. The maximum atomic E-state index is 12.5. The molecule has 32 heavy (non-hydrogen) atoms. The van der Waals surface area contributed by atoms with Gasteiger partial charge < -0.3 is 9.47 Å². The van der Waals surface area contributed by atoms with E-state index in [1.54, 1.807) is 51.1 Å². The zero-order valence-corrected chi connectivity index (χ0v) is 18.1. The molecule has 0 aliphatic heterocycles. The fourth-order valence-electron chi connectivity index (χ4n) is 3.67.